The highest BCUT2D eigenvalue weighted by Crippen LogP contribution is 2.40. The number of rotatable bonds is 3. The summed E-state index contributed by atoms with van der Waals surface area (Å²) in [6.07, 6.45) is 2.09. The third-order valence-electron chi connectivity index (χ3n) is 3.87. The molecule has 2 unspecified atom stereocenters. The first-order valence-corrected chi connectivity index (χ1v) is 6.98. The van der Waals surface area contributed by atoms with Gasteiger partial charge in [0.2, 0.25) is 5.92 Å². The van der Waals surface area contributed by atoms with Gasteiger partial charge in [-0.25, -0.2) is 8.78 Å². The monoisotopic (exact) mass is 272 g/mol. The van der Waals surface area contributed by atoms with Crippen LogP contribution < -0.4 is 0 Å². The predicted molar refractivity (Wildman–Crippen MR) is 71.4 cm³/mol. The zero-order chi connectivity index (χ0) is 13.2. The Hall–Kier alpha value is -0.630. The molecule has 1 saturated carbocycles. The molecule has 1 aliphatic rings. The molecule has 1 fully saturated rings. The van der Waals surface area contributed by atoms with Crippen LogP contribution in [-0.2, 0) is 6.42 Å². The third kappa shape index (κ3) is 3.44. The first-order chi connectivity index (χ1) is 8.48. The van der Waals surface area contributed by atoms with Gasteiger partial charge in [-0.05, 0) is 43.2 Å². The van der Waals surface area contributed by atoms with Crippen LogP contribution in [0.15, 0.2) is 24.3 Å². The first kappa shape index (κ1) is 13.8. The highest BCUT2D eigenvalue weighted by atomic mass is 35.5. The van der Waals surface area contributed by atoms with Crippen molar-refractivity contribution in [2.75, 3.05) is 0 Å². The van der Waals surface area contributed by atoms with E-state index in [2.05, 4.69) is 0 Å². The molecule has 1 aromatic carbocycles. The van der Waals surface area contributed by atoms with Crippen molar-refractivity contribution in [2.45, 2.75) is 50.3 Å². The van der Waals surface area contributed by atoms with Crippen molar-refractivity contribution in [3.63, 3.8) is 0 Å². The molecule has 1 aliphatic carbocycles. The summed E-state index contributed by atoms with van der Waals surface area (Å²) in [7, 11) is 0. The van der Waals surface area contributed by atoms with Crippen molar-refractivity contribution in [1.29, 1.82) is 0 Å². The quantitative estimate of drug-likeness (QED) is 0.682. The SMILES string of the molecule is Cc1ccccc1CC(Cl)C1CCCC(F)(F)C1. The lowest BCUT2D eigenvalue weighted by atomic mass is 9.82. The van der Waals surface area contributed by atoms with Gasteiger partial charge in [-0.1, -0.05) is 24.3 Å². The maximum absolute atomic E-state index is 13.4. The molecule has 0 spiro atoms. The zero-order valence-corrected chi connectivity index (χ0v) is 11.4. The van der Waals surface area contributed by atoms with Crippen LogP contribution in [0.5, 0.6) is 0 Å². The van der Waals surface area contributed by atoms with E-state index in [1.807, 2.05) is 31.2 Å². The summed E-state index contributed by atoms with van der Waals surface area (Å²) in [5, 5.41) is -0.183. The summed E-state index contributed by atoms with van der Waals surface area (Å²) in [5.74, 6) is -2.57. The summed E-state index contributed by atoms with van der Waals surface area (Å²) in [6.45, 7) is 2.04. The van der Waals surface area contributed by atoms with E-state index in [1.165, 1.54) is 11.1 Å². The van der Waals surface area contributed by atoms with Gasteiger partial charge in [-0.15, -0.1) is 11.6 Å². The average molecular weight is 273 g/mol. The Morgan fingerprint density at radius 2 is 2.11 bits per heavy atom. The third-order valence-corrected chi connectivity index (χ3v) is 4.38. The number of aryl methyl sites for hydroxylation is 1. The summed E-state index contributed by atoms with van der Waals surface area (Å²) in [5.41, 5.74) is 2.36. The molecule has 0 bridgehead atoms. The van der Waals surface area contributed by atoms with Gasteiger partial charge in [0.1, 0.15) is 0 Å². The number of benzene rings is 1. The zero-order valence-electron chi connectivity index (χ0n) is 10.6. The van der Waals surface area contributed by atoms with Crippen molar-refractivity contribution in [1.82, 2.24) is 0 Å². The molecule has 2 rings (SSSR count). The van der Waals surface area contributed by atoms with E-state index < -0.39 is 5.92 Å². The molecule has 1 aromatic rings. The van der Waals surface area contributed by atoms with Crippen molar-refractivity contribution >= 4 is 11.6 Å². The standard InChI is InChI=1S/C15H19ClF2/c1-11-5-2-3-6-12(11)9-14(16)13-7-4-8-15(17,18)10-13/h2-3,5-6,13-14H,4,7-10H2,1H3. The van der Waals surface area contributed by atoms with E-state index in [1.54, 1.807) is 0 Å². The van der Waals surface area contributed by atoms with Crippen molar-refractivity contribution in [3.8, 4) is 0 Å². The van der Waals surface area contributed by atoms with Gasteiger partial charge in [-0.3, -0.25) is 0 Å². The van der Waals surface area contributed by atoms with Crippen LogP contribution >= 0.6 is 11.6 Å². The normalized spacial score (nSPS) is 24.8. The average Bonchev–Trinajstić information content (AvgIpc) is 2.31. The maximum atomic E-state index is 13.4. The predicted octanol–water partition coefficient (Wildman–Crippen LogP) is 4.97. The summed E-state index contributed by atoms with van der Waals surface area (Å²) < 4.78 is 26.7. The van der Waals surface area contributed by atoms with Gasteiger partial charge in [0.15, 0.2) is 0 Å². The lowest BCUT2D eigenvalue weighted by molar-refractivity contribution is -0.0528. The second-order valence-corrected chi connectivity index (χ2v) is 5.92. The number of alkyl halides is 3. The molecule has 3 heteroatoms. The Morgan fingerprint density at radius 3 is 2.78 bits per heavy atom. The smallest absolute Gasteiger partial charge is 0.207 e. The minimum Gasteiger partial charge on any atom is -0.207 e. The molecule has 0 heterocycles. The Kier molecular flexibility index (Phi) is 4.26. The maximum Gasteiger partial charge on any atom is 0.248 e. The van der Waals surface area contributed by atoms with Crippen LogP contribution in [-0.4, -0.2) is 11.3 Å². The fourth-order valence-corrected chi connectivity index (χ4v) is 3.12. The van der Waals surface area contributed by atoms with E-state index in [0.717, 1.165) is 6.42 Å². The van der Waals surface area contributed by atoms with Crippen LogP contribution in [0.1, 0.15) is 36.8 Å². The van der Waals surface area contributed by atoms with E-state index in [-0.39, 0.29) is 24.1 Å². The highest BCUT2D eigenvalue weighted by molar-refractivity contribution is 6.20. The molecular weight excluding hydrogens is 254 g/mol. The number of hydrogen-bond donors (Lipinski definition) is 0. The van der Waals surface area contributed by atoms with Gasteiger partial charge in [-0.2, -0.15) is 0 Å². The fraction of sp³-hybridized carbons (Fsp3) is 0.600. The molecule has 0 aliphatic heterocycles. The molecule has 0 nitrogen and oxygen atoms in total. The molecule has 18 heavy (non-hydrogen) atoms. The topological polar surface area (TPSA) is 0 Å². The van der Waals surface area contributed by atoms with Crippen LogP contribution in [0, 0.1) is 12.8 Å². The van der Waals surface area contributed by atoms with Crippen molar-refractivity contribution in [3.05, 3.63) is 35.4 Å². The molecule has 0 radical (unpaired) electrons. The van der Waals surface area contributed by atoms with Gasteiger partial charge >= 0.3 is 0 Å². The van der Waals surface area contributed by atoms with Gasteiger partial charge < -0.3 is 0 Å². The number of hydrogen-bond acceptors (Lipinski definition) is 0. The van der Waals surface area contributed by atoms with Crippen molar-refractivity contribution in [2.24, 2.45) is 5.92 Å². The van der Waals surface area contributed by atoms with E-state index in [9.17, 15) is 8.78 Å². The molecule has 0 aromatic heterocycles. The lowest BCUT2D eigenvalue weighted by Gasteiger charge is -2.32. The second kappa shape index (κ2) is 5.56. The Labute approximate surface area is 112 Å². The molecular formula is C15H19ClF2. The summed E-state index contributed by atoms with van der Waals surface area (Å²) in [4.78, 5) is 0. The molecule has 0 saturated heterocycles. The van der Waals surface area contributed by atoms with Crippen molar-refractivity contribution < 1.29 is 8.78 Å². The van der Waals surface area contributed by atoms with E-state index in [0.29, 0.717) is 12.8 Å². The van der Waals surface area contributed by atoms with Crippen LogP contribution in [0.2, 0.25) is 0 Å². The highest BCUT2D eigenvalue weighted by Gasteiger charge is 2.38. The summed E-state index contributed by atoms with van der Waals surface area (Å²) >= 11 is 6.36. The van der Waals surface area contributed by atoms with Crippen LogP contribution in [0.4, 0.5) is 8.78 Å². The summed E-state index contributed by atoms with van der Waals surface area (Å²) in [6, 6.07) is 8.03. The largest absolute Gasteiger partial charge is 0.248 e. The minimum absolute atomic E-state index is 0.0253. The molecule has 2 atom stereocenters. The Morgan fingerprint density at radius 1 is 1.39 bits per heavy atom. The number of halogens is 3. The first-order valence-electron chi connectivity index (χ1n) is 6.54. The Bertz CT molecular complexity index is 403. The molecule has 0 N–H and O–H groups in total. The van der Waals surface area contributed by atoms with Gasteiger partial charge in [0.25, 0.3) is 0 Å². The molecule has 100 valence electrons. The van der Waals surface area contributed by atoms with Gasteiger partial charge in [0.05, 0.1) is 0 Å². The lowest BCUT2D eigenvalue weighted by Crippen LogP contribution is -2.31. The second-order valence-electron chi connectivity index (χ2n) is 5.36. The minimum atomic E-state index is -2.51. The Balaban J connectivity index is 2.00. The van der Waals surface area contributed by atoms with Crippen LogP contribution in [0.3, 0.4) is 0 Å². The van der Waals surface area contributed by atoms with E-state index in [4.69, 9.17) is 11.6 Å². The van der Waals surface area contributed by atoms with Gasteiger partial charge in [0, 0.05) is 18.2 Å². The van der Waals surface area contributed by atoms with E-state index >= 15 is 0 Å². The molecule has 0 amide bonds. The van der Waals surface area contributed by atoms with Crippen LogP contribution in [0.25, 0.3) is 0 Å². The fourth-order valence-electron chi connectivity index (χ4n) is 2.74.